The molecule has 0 spiro atoms. The predicted molar refractivity (Wildman–Crippen MR) is 109 cm³/mol. The molecule has 0 saturated carbocycles. The number of hydrogen-bond donors (Lipinski definition) is 0. The number of methoxy groups -OCH3 is 4. The Morgan fingerprint density at radius 3 is 1.12 bits per heavy atom. The van der Waals surface area contributed by atoms with Gasteiger partial charge in [0, 0.05) is 28.4 Å². The van der Waals surface area contributed by atoms with Gasteiger partial charge in [0.2, 0.25) is 0 Å². The molecule has 0 heterocycles. The topological polar surface area (TPSA) is 161 Å². The van der Waals surface area contributed by atoms with E-state index in [0.717, 1.165) is 12.5 Å². The third-order valence-electron chi connectivity index (χ3n) is 3.38. The lowest BCUT2D eigenvalue weighted by Gasteiger charge is -2.35. The molecule has 0 amide bonds. The van der Waals surface area contributed by atoms with E-state index in [1.54, 1.807) is 0 Å². The van der Waals surface area contributed by atoms with Gasteiger partial charge in [0.05, 0.1) is 25.7 Å². The molecular weight excluding hydrogens is 480 g/mol. The average molecular weight is 515 g/mol. The van der Waals surface area contributed by atoms with Gasteiger partial charge < -0.3 is 37.9 Å². The minimum atomic E-state index is -4.01. The summed E-state index contributed by atoms with van der Waals surface area (Å²) in [4.78, 5) is 0. The van der Waals surface area contributed by atoms with Crippen molar-refractivity contribution in [3.63, 3.8) is 0 Å². The molecule has 0 aromatic rings. The van der Waals surface area contributed by atoms with Gasteiger partial charge in [-0.05, 0) is 0 Å². The van der Waals surface area contributed by atoms with Gasteiger partial charge in [0.15, 0.2) is 0 Å². The highest BCUT2D eigenvalue weighted by Crippen LogP contribution is 2.21. The fourth-order valence-corrected chi connectivity index (χ4v) is 3.65. The maximum atomic E-state index is 11.9. The summed E-state index contributed by atoms with van der Waals surface area (Å²) >= 11 is 0. The molecule has 16 heteroatoms. The highest BCUT2D eigenvalue weighted by atomic mass is 32.2. The van der Waals surface area contributed by atoms with Crippen LogP contribution in [0, 0.1) is 0 Å². The van der Waals surface area contributed by atoms with Crippen molar-refractivity contribution in [3.8, 4) is 0 Å². The number of hydrogen-bond acceptors (Lipinski definition) is 14. The van der Waals surface area contributed by atoms with E-state index in [-0.39, 0.29) is 40.4 Å². The molecule has 0 rings (SSSR count). The SMILES string of the molecule is COCOC[C@@H](OS(C)(=O)=O)[C@H](OCOC)[C@@H](OCOC)[C@@H](COCOC)OS(C)(=O)=O. The molecule has 194 valence electrons. The van der Waals surface area contributed by atoms with E-state index >= 15 is 0 Å². The zero-order valence-electron chi connectivity index (χ0n) is 19.1. The molecule has 0 aromatic carbocycles. The van der Waals surface area contributed by atoms with Crippen LogP contribution in [0.4, 0.5) is 0 Å². The molecule has 0 N–H and O–H groups in total. The van der Waals surface area contributed by atoms with Crippen molar-refractivity contribution in [3.05, 3.63) is 0 Å². The molecular formula is C16H34O14S2. The maximum Gasteiger partial charge on any atom is 0.264 e. The van der Waals surface area contributed by atoms with Gasteiger partial charge in [-0.1, -0.05) is 0 Å². The number of ether oxygens (including phenoxy) is 8. The summed E-state index contributed by atoms with van der Waals surface area (Å²) in [5.41, 5.74) is 0. The first kappa shape index (κ1) is 31.5. The molecule has 0 aliphatic carbocycles. The second kappa shape index (κ2) is 17.0. The van der Waals surface area contributed by atoms with E-state index < -0.39 is 44.7 Å². The van der Waals surface area contributed by atoms with Crippen LogP contribution in [-0.4, -0.2) is 123 Å². The Bertz CT molecular complexity index is 610. The van der Waals surface area contributed by atoms with Gasteiger partial charge in [0.25, 0.3) is 20.2 Å². The van der Waals surface area contributed by atoms with Crippen molar-refractivity contribution in [2.75, 3.05) is 81.3 Å². The smallest absolute Gasteiger partial charge is 0.264 e. The second-order valence-corrected chi connectivity index (χ2v) is 9.51. The van der Waals surface area contributed by atoms with E-state index in [4.69, 9.17) is 46.3 Å². The van der Waals surface area contributed by atoms with E-state index in [9.17, 15) is 16.8 Å². The molecule has 14 nitrogen and oxygen atoms in total. The van der Waals surface area contributed by atoms with Crippen molar-refractivity contribution in [2.45, 2.75) is 24.4 Å². The van der Waals surface area contributed by atoms with Gasteiger partial charge >= 0.3 is 0 Å². The molecule has 0 fully saturated rings. The molecule has 0 radical (unpaired) electrons. The van der Waals surface area contributed by atoms with E-state index in [0.29, 0.717) is 0 Å². The Labute approximate surface area is 189 Å². The fourth-order valence-electron chi connectivity index (χ4n) is 2.42. The normalized spacial score (nSPS) is 16.6. The zero-order valence-corrected chi connectivity index (χ0v) is 20.7. The Kier molecular flexibility index (Phi) is 16.7. The van der Waals surface area contributed by atoms with Crippen molar-refractivity contribution >= 4 is 20.2 Å². The first-order chi connectivity index (χ1) is 15.0. The minimum absolute atomic E-state index is 0.176. The van der Waals surface area contributed by atoms with Crippen LogP contribution in [0.15, 0.2) is 0 Å². The molecule has 32 heavy (non-hydrogen) atoms. The molecule has 0 saturated heterocycles. The van der Waals surface area contributed by atoms with Crippen LogP contribution in [0.2, 0.25) is 0 Å². The Hall–Kier alpha value is -0.500. The van der Waals surface area contributed by atoms with Crippen LogP contribution in [0.25, 0.3) is 0 Å². The van der Waals surface area contributed by atoms with Crippen molar-refractivity contribution in [1.29, 1.82) is 0 Å². The molecule has 0 aromatic heterocycles. The van der Waals surface area contributed by atoms with Crippen LogP contribution in [0.3, 0.4) is 0 Å². The number of rotatable bonds is 21. The highest BCUT2D eigenvalue weighted by molar-refractivity contribution is 7.86. The average Bonchev–Trinajstić information content (AvgIpc) is 2.67. The monoisotopic (exact) mass is 514 g/mol. The van der Waals surface area contributed by atoms with Crippen molar-refractivity contribution < 1.29 is 63.1 Å². The molecule has 0 aliphatic rings. The molecule has 4 atom stereocenters. The minimum Gasteiger partial charge on any atom is -0.359 e. The quantitative estimate of drug-likeness (QED) is 0.103. The first-order valence-corrected chi connectivity index (χ1v) is 12.7. The Balaban J connectivity index is 6.15. The molecule has 0 bridgehead atoms. The summed E-state index contributed by atoms with van der Waals surface area (Å²) in [5, 5.41) is 0. The predicted octanol–water partition coefficient (Wildman–Crippen LogP) is -1.10. The van der Waals surface area contributed by atoms with Gasteiger partial charge in [-0.15, -0.1) is 0 Å². The first-order valence-electron chi connectivity index (χ1n) is 9.10. The second-order valence-electron chi connectivity index (χ2n) is 6.31. The summed E-state index contributed by atoms with van der Waals surface area (Å²) in [6, 6.07) is 0. The summed E-state index contributed by atoms with van der Waals surface area (Å²) in [5.74, 6) is 0. The lowest BCUT2D eigenvalue weighted by atomic mass is 10.0. The van der Waals surface area contributed by atoms with Crippen molar-refractivity contribution in [2.24, 2.45) is 0 Å². The summed E-state index contributed by atoms with van der Waals surface area (Å²) in [7, 11) is -2.59. The molecule has 0 unspecified atom stereocenters. The van der Waals surface area contributed by atoms with Crippen LogP contribution in [0.1, 0.15) is 0 Å². The summed E-state index contributed by atoms with van der Waals surface area (Å²) in [6.07, 6.45) is -3.53. The maximum absolute atomic E-state index is 11.9. The van der Waals surface area contributed by atoms with Crippen LogP contribution < -0.4 is 0 Å². The molecule has 0 aliphatic heterocycles. The largest absolute Gasteiger partial charge is 0.359 e. The van der Waals surface area contributed by atoms with E-state index in [2.05, 4.69) is 0 Å². The highest BCUT2D eigenvalue weighted by Gasteiger charge is 2.41. The van der Waals surface area contributed by atoms with E-state index in [1.807, 2.05) is 0 Å². The van der Waals surface area contributed by atoms with Gasteiger partial charge in [-0.25, -0.2) is 0 Å². The van der Waals surface area contributed by atoms with Crippen LogP contribution >= 0.6 is 0 Å². The Morgan fingerprint density at radius 1 is 0.562 bits per heavy atom. The lowest BCUT2D eigenvalue weighted by molar-refractivity contribution is -0.216. The van der Waals surface area contributed by atoms with E-state index in [1.165, 1.54) is 28.4 Å². The summed E-state index contributed by atoms with van der Waals surface area (Å²) < 4.78 is 98.9. The van der Waals surface area contributed by atoms with Crippen LogP contribution in [-0.2, 0) is 66.5 Å². The van der Waals surface area contributed by atoms with Gasteiger partial charge in [-0.2, -0.15) is 16.8 Å². The third-order valence-corrected chi connectivity index (χ3v) is 4.57. The standard InChI is InChI=1S/C16H34O14S2/c1-21-9-25-7-13(29-31(5,17)18)15(27-11-23-3)16(28-12-24-4)14(8-26-10-22-2)30-32(6,19)20/h13-16H,7-12H2,1-6H3/t13-,14-,15+,16+/m1/s1. The third kappa shape index (κ3) is 15.4. The van der Waals surface area contributed by atoms with Crippen LogP contribution in [0.5, 0.6) is 0 Å². The van der Waals surface area contributed by atoms with Crippen molar-refractivity contribution in [1.82, 2.24) is 0 Å². The summed E-state index contributed by atoms with van der Waals surface area (Å²) in [6.45, 7) is -1.65. The van der Waals surface area contributed by atoms with Gasteiger partial charge in [0.1, 0.15) is 51.6 Å². The Morgan fingerprint density at radius 2 is 0.875 bits per heavy atom. The zero-order chi connectivity index (χ0) is 24.6. The fraction of sp³-hybridized carbons (Fsp3) is 1.00. The lowest BCUT2D eigenvalue weighted by Crippen LogP contribution is -2.53. The van der Waals surface area contributed by atoms with Gasteiger partial charge in [-0.3, -0.25) is 8.37 Å².